The van der Waals surface area contributed by atoms with Crippen LogP contribution in [0.3, 0.4) is 0 Å². The van der Waals surface area contributed by atoms with Gasteiger partial charge < -0.3 is 4.90 Å². The predicted octanol–water partition coefficient (Wildman–Crippen LogP) is 3.43. The maximum atomic E-state index is 13.4. The van der Waals surface area contributed by atoms with Gasteiger partial charge in [0.25, 0.3) is 5.91 Å². The van der Waals surface area contributed by atoms with Crippen LogP contribution in [0.5, 0.6) is 0 Å². The topological polar surface area (TPSA) is 96.4 Å². The number of nitrogens with zero attached hydrogens (tertiary/aromatic N) is 5. The third kappa shape index (κ3) is 4.29. The van der Waals surface area contributed by atoms with E-state index < -0.39 is 15.8 Å². The minimum atomic E-state index is -3.79. The van der Waals surface area contributed by atoms with Crippen LogP contribution in [0.1, 0.15) is 16.9 Å². The molecule has 0 saturated carbocycles. The zero-order valence-electron chi connectivity index (χ0n) is 18.0. The van der Waals surface area contributed by atoms with Crippen molar-refractivity contribution in [1.29, 1.82) is 0 Å². The second-order valence-corrected chi connectivity index (χ2v) is 10.7. The first-order valence-electron chi connectivity index (χ1n) is 10.7. The number of aromatic nitrogens is 3. The summed E-state index contributed by atoms with van der Waals surface area (Å²) in [4.78, 5) is 28.3. The Labute approximate surface area is 199 Å². The van der Waals surface area contributed by atoms with Gasteiger partial charge in [-0.3, -0.25) is 4.79 Å². The molecular weight excluding hydrogens is 477 g/mol. The van der Waals surface area contributed by atoms with Gasteiger partial charge in [0.05, 0.1) is 15.1 Å². The summed E-state index contributed by atoms with van der Waals surface area (Å²) in [7, 11) is -3.79. The lowest BCUT2D eigenvalue weighted by atomic mass is 10.2. The maximum Gasteiger partial charge on any atom is 0.274 e. The summed E-state index contributed by atoms with van der Waals surface area (Å²) in [6.07, 6.45) is 3.45. The summed E-state index contributed by atoms with van der Waals surface area (Å²) in [6, 6.07) is 12.4. The van der Waals surface area contributed by atoms with Crippen molar-refractivity contribution in [2.75, 3.05) is 26.2 Å². The summed E-state index contributed by atoms with van der Waals surface area (Å²) < 4.78 is 41.5. The minimum Gasteiger partial charge on any atom is -0.336 e. The molecule has 1 aliphatic rings. The average Bonchev–Trinajstić information content (AvgIpc) is 3.12. The van der Waals surface area contributed by atoms with Crippen molar-refractivity contribution in [2.24, 2.45) is 0 Å². The van der Waals surface area contributed by atoms with E-state index in [1.54, 1.807) is 4.90 Å². The Kier molecular flexibility index (Phi) is 6.07. The fourth-order valence-electron chi connectivity index (χ4n) is 3.87. The minimum absolute atomic E-state index is 0.0284. The van der Waals surface area contributed by atoms with E-state index >= 15 is 0 Å². The van der Waals surface area contributed by atoms with Gasteiger partial charge in [-0.2, -0.15) is 4.31 Å². The van der Waals surface area contributed by atoms with Gasteiger partial charge in [-0.05, 0) is 42.8 Å². The van der Waals surface area contributed by atoms with Crippen LogP contribution < -0.4 is 0 Å². The molecule has 5 rings (SSSR count). The van der Waals surface area contributed by atoms with E-state index in [-0.39, 0.29) is 36.1 Å². The maximum absolute atomic E-state index is 13.4. The molecule has 0 spiro atoms. The fourth-order valence-corrected chi connectivity index (χ4v) is 6.30. The summed E-state index contributed by atoms with van der Waals surface area (Å²) in [5, 5.41) is 0.605. The van der Waals surface area contributed by atoms with E-state index in [2.05, 4.69) is 15.0 Å². The Hall–Kier alpha value is -3.28. The molecule has 8 nitrogen and oxygen atoms in total. The van der Waals surface area contributed by atoms with Crippen LogP contribution >= 0.6 is 11.3 Å². The normalized spacial score (nSPS) is 15.4. The van der Waals surface area contributed by atoms with Crippen LogP contribution in [0, 0.1) is 5.82 Å². The Bertz CT molecular complexity index is 1420. The molecule has 2 aromatic heterocycles. The number of hydrogen-bond acceptors (Lipinski definition) is 7. The molecule has 2 aromatic carbocycles. The number of thiazole rings is 1. The largest absolute Gasteiger partial charge is 0.336 e. The molecule has 1 amide bonds. The molecule has 174 valence electrons. The summed E-state index contributed by atoms with van der Waals surface area (Å²) >= 11 is 1.44. The van der Waals surface area contributed by atoms with Crippen molar-refractivity contribution in [2.45, 2.75) is 11.3 Å². The number of para-hydroxylation sites is 1. The molecule has 0 radical (unpaired) electrons. The van der Waals surface area contributed by atoms with Crippen LogP contribution in [-0.2, 0) is 10.0 Å². The molecular formula is C23H20FN5O3S2. The summed E-state index contributed by atoms with van der Waals surface area (Å²) in [5.74, 6) is -0.817. The van der Waals surface area contributed by atoms with Crippen molar-refractivity contribution in [3.05, 3.63) is 72.4 Å². The molecule has 1 aliphatic heterocycles. The molecule has 4 aromatic rings. The van der Waals surface area contributed by atoms with Crippen LogP contribution in [0.15, 0.2) is 65.8 Å². The summed E-state index contributed by atoms with van der Waals surface area (Å²) in [6.45, 7) is 0.968. The molecule has 0 unspecified atom stereocenters. The highest BCUT2D eigenvalue weighted by Gasteiger charge is 2.30. The van der Waals surface area contributed by atoms with Gasteiger partial charge in [0.15, 0.2) is 5.69 Å². The number of amides is 1. The van der Waals surface area contributed by atoms with Gasteiger partial charge in [0.2, 0.25) is 10.0 Å². The van der Waals surface area contributed by atoms with E-state index in [1.165, 1.54) is 40.2 Å². The molecule has 34 heavy (non-hydrogen) atoms. The van der Waals surface area contributed by atoms with Crippen molar-refractivity contribution in [3.8, 4) is 10.7 Å². The van der Waals surface area contributed by atoms with E-state index in [4.69, 9.17) is 0 Å². The molecule has 0 aliphatic carbocycles. The first kappa shape index (κ1) is 22.5. The van der Waals surface area contributed by atoms with E-state index in [0.717, 1.165) is 22.3 Å². The molecule has 0 N–H and O–H groups in total. The highest BCUT2D eigenvalue weighted by Crippen LogP contribution is 2.30. The molecule has 1 fully saturated rings. The number of halogens is 1. The van der Waals surface area contributed by atoms with Gasteiger partial charge in [0.1, 0.15) is 16.5 Å². The Morgan fingerprint density at radius 3 is 2.50 bits per heavy atom. The van der Waals surface area contributed by atoms with Crippen molar-refractivity contribution >= 4 is 37.5 Å². The Morgan fingerprint density at radius 1 is 0.941 bits per heavy atom. The molecule has 0 atom stereocenters. The number of hydrogen-bond donors (Lipinski definition) is 0. The number of carbonyl (C=O) groups is 1. The average molecular weight is 498 g/mol. The van der Waals surface area contributed by atoms with Gasteiger partial charge in [-0.25, -0.2) is 27.8 Å². The lowest BCUT2D eigenvalue weighted by Gasteiger charge is -2.22. The number of rotatable bonds is 4. The van der Waals surface area contributed by atoms with Crippen LogP contribution in [0.2, 0.25) is 0 Å². The van der Waals surface area contributed by atoms with E-state index in [0.29, 0.717) is 23.7 Å². The van der Waals surface area contributed by atoms with Gasteiger partial charge in [-0.1, -0.05) is 12.1 Å². The first-order valence-corrected chi connectivity index (χ1v) is 12.9. The number of sulfonamides is 1. The zero-order chi connectivity index (χ0) is 23.7. The smallest absolute Gasteiger partial charge is 0.274 e. The van der Waals surface area contributed by atoms with Crippen LogP contribution in [0.25, 0.3) is 20.9 Å². The lowest BCUT2D eigenvalue weighted by molar-refractivity contribution is 0.0759. The third-order valence-corrected chi connectivity index (χ3v) is 8.55. The van der Waals surface area contributed by atoms with Gasteiger partial charge in [0, 0.05) is 38.6 Å². The van der Waals surface area contributed by atoms with Crippen molar-refractivity contribution in [3.63, 3.8) is 0 Å². The van der Waals surface area contributed by atoms with Crippen LogP contribution in [-0.4, -0.2) is 64.7 Å². The molecule has 1 saturated heterocycles. The second-order valence-electron chi connectivity index (χ2n) is 7.74. The standard InChI is InChI=1S/C23H20FN5O3S2/c24-16-6-8-17(9-7-16)34(31,32)29-13-3-12-28(14-15-29)23(30)21-20(25-10-11-26-21)22-27-18-4-1-2-5-19(18)33-22/h1-2,4-11H,3,12-15H2. The number of carbonyl (C=O) groups excluding carboxylic acids is 1. The zero-order valence-corrected chi connectivity index (χ0v) is 19.6. The molecule has 11 heteroatoms. The molecule has 0 bridgehead atoms. The highest BCUT2D eigenvalue weighted by molar-refractivity contribution is 7.89. The lowest BCUT2D eigenvalue weighted by Crippen LogP contribution is -2.37. The second kappa shape index (κ2) is 9.16. The fraction of sp³-hybridized carbons (Fsp3) is 0.217. The summed E-state index contributed by atoms with van der Waals surface area (Å²) in [5.41, 5.74) is 1.42. The van der Waals surface area contributed by atoms with E-state index in [1.807, 2.05) is 24.3 Å². The highest BCUT2D eigenvalue weighted by atomic mass is 32.2. The van der Waals surface area contributed by atoms with Crippen LogP contribution in [0.4, 0.5) is 4.39 Å². The van der Waals surface area contributed by atoms with Crippen molar-refractivity contribution < 1.29 is 17.6 Å². The van der Waals surface area contributed by atoms with Gasteiger partial charge in [-0.15, -0.1) is 11.3 Å². The Morgan fingerprint density at radius 2 is 1.71 bits per heavy atom. The number of fused-ring (bicyclic) bond motifs is 1. The first-order chi connectivity index (χ1) is 16.4. The predicted molar refractivity (Wildman–Crippen MR) is 126 cm³/mol. The number of benzene rings is 2. The third-order valence-electron chi connectivity index (χ3n) is 5.59. The monoisotopic (exact) mass is 497 g/mol. The van der Waals surface area contributed by atoms with Crippen molar-refractivity contribution in [1.82, 2.24) is 24.2 Å². The quantitative estimate of drug-likeness (QED) is 0.429. The van der Waals surface area contributed by atoms with Gasteiger partial charge >= 0.3 is 0 Å². The SMILES string of the molecule is O=C(c1nccnc1-c1nc2ccccc2s1)N1CCCN(S(=O)(=O)c2ccc(F)cc2)CC1. The Balaban J connectivity index is 1.38. The van der Waals surface area contributed by atoms with E-state index in [9.17, 15) is 17.6 Å². The molecule has 3 heterocycles.